The van der Waals surface area contributed by atoms with Crippen molar-refractivity contribution in [3.05, 3.63) is 35.4 Å². The number of carbonyl (C=O) groups excluding carboxylic acids is 2. The zero-order valence-corrected chi connectivity index (χ0v) is 8.80. The van der Waals surface area contributed by atoms with Crippen LogP contribution in [-0.4, -0.2) is 22.6 Å². The molecule has 0 saturated carbocycles. The van der Waals surface area contributed by atoms with Gasteiger partial charge in [0.2, 0.25) is 0 Å². The predicted molar refractivity (Wildman–Crippen MR) is 58.3 cm³/mol. The van der Waals surface area contributed by atoms with Crippen LogP contribution in [0, 0.1) is 0 Å². The van der Waals surface area contributed by atoms with E-state index in [0.29, 0.717) is 11.1 Å². The number of Topliss-reactive ketones (excluding diaryl/α,β-unsaturated/α-hetero) is 1. The number of ketones is 1. The Kier molecular flexibility index (Phi) is 3.77. The van der Waals surface area contributed by atoms with Crippen molar-refractivity contribution in [3.63, 3.8) is 0 Å². The molecular formula is C11H12N2O3. The van der Waals surface area contributed by atoms with E-state index < -0.39 is 5.91 Å². The third-order valence-corrected chi connectivity index (χ3v) is 2.05. The zero-order valence-electron chi connectivity index (χ0n) is 8.80. The molecule has 0 aromatic heterocycles. The van der Waals surface area contributed by atoms with Crippen molar-refractivity contribution in [2.45, 2.75) is 13.3 Å². The molecule has 5 nitrogen and oxygen atoms in total. The number of primary amides is 1. The Labute approximate surface area is 92.6 Å². The molecule has 0 aliphatic carbocycles. The van der Waals surface area contributed by atoms with Crippen molar-refractivity contribution in [1.82, 2.24) is 0 Å². The summed E-state index contributed by atoms with van der Waals surface area (Å²) in [4.78, 5) is 22.0. The summed E-state index contributed by atoms with van der Waals surface area (Å²) < 4.78 is 0. The van der Waals surface area contributed by atoms with Crippen LogP contribution in [0.15, 0.2) is 29.4 Å². The molecule has 0 atom stereocenters. The van der Waals surface area contributed by atoms with Crippen molar-refractivity contribution >= 4 is 17.4 Å². The van der Waals surface area contributed by atoms with Crippen molar-refractivity contribution in [1.29, 1.82) is 0 Å². The number of rotatable bonds is 4. The summed E-state index contributed by atoms with van der Waals surface area (Å²) >= 11 is 0. The summed E-state index contributed by atoms with van der Waals surface area (Å²) in [5.74, 6) is -0.882. The third-order valence-electron chi connectivity index (χ3n) is 2.05. The van der Waals surface area contributed by atoms with E-state index in [4.69, 9.17) is 10.9 Å². The van der Waals surface area contributed by atoms with E-state index in [0.717, 1.165) is 0 Å². The van der Waals surface area contributed by atoms with Crippen LogP contribution in [0.4, 0.5) is 0 Å². The highest BCUT2D eigenvalue weighted by atomic mass is 16.4. The minimum atomic E-state index is -0.835. The number of hydrogen-bond acceptors (Lipinski definition) is 4. The molecule has 0 heterocycles. The normalized spacial score (nSPS) is 11.2. The molecule has 1 rings (SSSR count). The summed E-state index contributed by atoms with van der Waals surface area (Å²) in [5, 5.41) is 11.6. The fourth-order valence-corrected chi connectivity index (χ4v) is 1.41. The summed E-state index contributed by atoms with van der Waals surface area (Å²) in [7, 11) is 0. The molecular weight excluding hydrogens is 208 g/mol. The van der Waals surface area contributed by atoms with Gasteiger partial charge in [0.25, 0.3) is 5.91 Å². The first-order chi connectivity index (χ1) is 7.56. The second-order valence-electron chi connectivity index (χ2n) is 3.35. The Balaban J connectivity index is 3.22. The van der Waals surface area contributed by atoms with E-state index in [9.17, 15) is 9.59 Å². The van der Waals surface area contributed by atoms with E-state index in [1.165, 1.54) is 6.92 Å². The van der Waals surface area contributed by atoms with Crippen LogP contribution < -0.4 is 5.73 Å². The molecule has 5 heteroatoms. The van der Waals surface area contributed by atoms with Crippen molar-refractivity contribution < 1.29 is 14.8 Å². The molecule has 16 heavy (non-hydrogen) atoms. The number of nitrogens with two attached hydrogens (primary N) is 1. The lowest BCUT2D eigenvalue weighted by Crippen LogP contribution is -2.25. The number of nitrogens with zero attached hydrogens (tertiary/aromatic N) is 1. The summed E-state index contributed by atoms with van der Waals surface area (Å²) in [6.07, 6.45) is 0.169. The average Bonchev–Trinajstić information content (AvgIpc) is 2.20. The zero-order chi connectivity index (χ0) is 12.1. The fourth-order valence-electron chi connectivity index (χ4n) is 1.41. The number of hydrogen-bond donors (Lipinski definition) is 2. The number of amides is 1. The topological polar surface area (TPSA) is 92.8 Å². The second-order valence-corrected chi connectivity index (χ2v) is 3.35. The highest BCUT2D eigenvalue weighted by Crippen LogP contribution is 2.11. The Morgan fingerprint density at radius 1 is 1.38 bits per heavy atom. The maximum Gasteiger partial charge on any atom is 0.271 e. The maximum atomic E-state index is 11.0. The Bertz CT molecular complexity index is 452. The SMILES string of the molecule is CC(=O)Cc1ccccc1/C(=N/O)C(N)=O. The molecule has 0 spiro atoms. The van der Waals surface area contributed by atoms with Crippen molar-refractivity contribution in [2.24, 2.45) is 10.9 Å². The van der Waals surface area contributed by atoms with E-state index in [1.54, 1.807) is 24.3 Å². The van der Waals surface area contributed by atoms with Gasteiger partial charge in [-0.3, -0.25) is 9.59 Å². The van der Waals surface area contributed by atoms with Gasteiger partial charge in [-0.1, -0.05) is 29.4 Å². The van der Waals surface area contributed by atoms with Gasteiger partial charge in [0.05, 0.1) is 0 Å². The first-order valence-electron chi connectivity index (χ1n) is 4.65. The second kappa shape index (κ2) is 5.06. The number of carbonyl (C=O) groups is 2. The molecule has 0 aliphatic rings. The summed E-state index contributed by atoms with van der Waals surface area (Å²) in [6, 6.07) is 6.67. The van der Waals surface area contributed by atoms with E-state index in [-0.39, 0.29) is 17.9 Å². The van der Waals surface area contributed by atoms with Gasteiger partial charge in [0.1, 0.15) is 5.78 Å². The van der Waals surface area contributed by atoms with Crippen LogP contribution in [0.3, 0.4) is 0 Å². The quantitative estimate of drug-likeness (QED) is 0.439. The minimum absolute atomic E-state index is 0.0470. The van der Waals surface area contributed by atoms with Gasteiger partial charge >= 0.3 is 0 Å². The molecule has 0 aliphatic heterocycles. The lowest BCUT2D eigenvalue weighted by atomic mass is 9.99. The molecule has 0 unspecified atom stereocenters. The average molecular weight is 220 g/mol. The molecule has 0 radical (unpaired) electrons. The molecule has 3 N–H and O–H groups in total. The maximum absolute atomic E-state index is 11.0. The van der Waals surface area contributed by atoms with Gasteiger partial charge in [-0.05, 0) is 12.5 Å². The number of oxime groups is 1. The molecule has 0 bridgehead atoms. The lowest BCUT2D eigenvalue weighted by molar-refractivity contribution is -0.116. The van der Waals surface area contributed by atoms with Crippen LogP contribution >= 0.6 is 0 Å². The molecule has 1 aromatic rings. The Hall–Kier alpha value is -2.17. The van der Waals surface area contributed by atoms with Gasteiger partial charge in [0, 0.05) is 12.0 Å². The van der Waals surface area contributed by atoms with Crippen LogP contribution in [-0.2, 0) is 16.0 Å². The molecule has 0 fully saturated rings. The monoisotopic (exact) mass is 220 g/mol. The van der Waals surface area contributed by atoms with Crippen LogP contribution in [0.1, 0.15) is 18.1 Å². The van der Waals surface area contributed by atoms with Crippen molar-refractivity contribution in [3.8, 4) is 0 Å². The van der Waals surface area contributed by atoms with E-state index >= 15 is 0 Å². The van der Waals surface area contributed by atoms with Gasteiger partial charge in [-0.15, -0.1) is 0 Å². The number of benzene rings is 1. The van der Waals surface area contributed by atoms with E-state index in [1.807, 2.05) is 0 Å². The van der Waals surface area contributed by atoms with Gasteiger partial charge in [-0.2, -0.15) is 0 Å². The summed E-state index contributed by atoms with van der Waals surface area (Å²) in [5.41, 5.74) is 5.82. The van der Waals surface area contributed by atoms with Crippen LogP contribution in [0.5, 0.6) is 0 Å². The highest BCUT2D eigenvalue weighted by molar-refractivity contribution is 6.45. The standard InChI is InChI=1S/C11H12N2O3/c1-7(14)6-8-4-2-3-5-9(8)10(13-16)11(12)15/h2-5,16H,6H2,1H3,(H2,12,15)/b13-10-. The lowest BCUT2D eigenvalue weighted by Gasteiger charge is -2.06. The third kappa shape index (κ3) is 2.66. The largest absolute Gasteiger partial charge is 0.410 e. The fraction of sp³-hybridized carbons (Fsp3) is 0.182. The molecule has 1 amide bonds. The van der Waals surface area contributed by atoms with Crippen LogP contribution in [0.25, 0.3) is 0 Å². The Morgan fingerprint density at radius 3 is 2.50 bits per heavy atom. The van der Waals surface area contributed by atoms with Gasteiger partial charge < -0.3 is 10.9 Å². The Morgan fingerprint density at radius 2 is 2.00 bits per heavy atom. The van der Waals surface area contributed by atoms with E-state index in [2.05, 4.69) is 5.16 Å². The summed E-state index contributed by atoms with van der Waals surface area (Å²) in [6.45, 7) is 1.44. The van der Waals surface area contributed by atoms with Gasteiger partial charge in [-0.25, -0.2) is 0 Å². The minimum Gasteiger partial charge on any atom is -0.410 e. The smallest absolute Gasteiger partial charge is 0.271 e. The van der Waals surface area contributed by atoms with Crippen LogP contribution in [0.2, 0.25) is 0 Å². The first-order valence-corrected chi connectivity index (χ1v) is 4.65. The highest BCUT2D eigenvalue weighted by Gasteiger charge is 2.15. The molecule has 0 saturated heterocycles. The molecule has 1 aromatic carbocycles. The van der Waals surface area contributed by atoms with Gasteiger partial charge in [0.15, 0.2) is 5.71 Å². The first kappa shape index (κ1) is 11.9. The molecule has 84 valence electrons. The van der Waals surface area contributed by atoms with Crippen molar-refractivity contribution in [2.75, 3.05) is 0 Å². The predicted octanol–water partition coefficient (Wildman–Crippen LogP) is 0.482.